The van der Waals surface area contributed by atoms with Crippen molar-refractivity contribution in [1.29, 1.82) is 0 Å². The van der Waals surface area contributed by atoms with E-state index in [9.17, 15) is 4.39 Å². The van der Waals surface area contributed by atoms with Gasteiger partial charge in [0, 0.05) is 44.1 Å². The van der Waals surface area contributed by atoms with Gasteiger partial charge in [-0.2, -0.15) is 0 Å². The maximum absolute atomic E-state index is 13.8. The molecule has 4 fully saturated rings. The first-order chi connectivity index (χ1) is 15.5. The van der Waals surface area contributed by atoms with Crippen LogP contribution in [-0.2, 0) is 4.74 Å². The van der Waals surface area contributed by atoms with Gasteiger partial charge < -0.3 is 4.74 Å². The standard InChI is InChI=1S/C24H43FN2OS.C3H8/c1-18-5-4-14-28-23(15-18)20-9-8-19(2)24(16-20)29-27-12-10-26(11-13-27)22-7-3-6-21(25)17-22;1-3-2/h18-24H,3-17H2,1-2H3;3H2,1-2H3. The first kappa shape index (κ1) is 26.8. The fraction of sp³-hybridized carbons (Fsp3) is 1.00. The van der Waals surface area contributed by atoms with Crippen molar-refractivity contribution in [2.45, 2.75) is 122 Å². The second kappa shape index (κ2) is 13.9. The molecule has 2 aliphatic heterocycles. The number of rotatable bonds is 4. The second-order valence-corrected chi connectivity index (χ2v) is 12.5. The SMILES string of the molecule is CC1CCCOC(C2CCC(C)C(SN3CCN(C4CCCC(F)C4)CC3)C2)C1.CCC. The van der Waals surface area contributed by atoms with Crippen molar-refractivity contribution in [3.05, 3.63) is 0 Å². The van der Waals surface area contributed by atoms with Crippen LogP contribution in [0, 0.1) is 17.8 Å². The Bertz CT molecular complexity index is 516. The van der Waals surface area contributed by atoms with Crippen molar-refractivity contribution in [2.24, 2.45) is 17.8 Å². The molecular formula is C27H51FN2OS. The third-order valence-corrected chi connectivity index (χ3v) is 9.74. The minimum absolute atomic E-state index is 0.498. The molecule has 4 aliphatic rings. The Labute approximate surface area is 202 Å². The highest BCUT2D eigenvalue weighted by Gasteiger charge is 2.36. The summed E-state index contributed by atoms with van der Waals surface area (Å²) < 4.78 is 22.8. The van der Waals surface area contributed by atoms with Crippen LogP contribution in [0.1, 0.15) is 98.3 Å². The lowest BCUT2D eigenvalue weighted by molar-refractivity contribution is -0.00247. The zero-order valence-corrected chi connectivity index (χ0v) is 22.3. The van der Waals surface area contributed by atoms with Gasteiger partial charge in [-0.3, -0.25) is 4.90 Å². The summed E-state index contributed by atoms with van der Waals surface area (Å²) in [4.78, 5) is 2.58. The van der Waals surface area contributed by atoms with Crippen molar-refractivity contribution in [3.63, 3.8) is 0 Å². The number of halogens is 1. The molecule has 0 spiro atoms. The number of alkyl halides is 1. The van der Waals surface area contributed by atoms with E-state index in [1.807, 2.05) is 0 Å². The van der Waals surface area contributed by atoms with E-state index in [0.29, 0.717) is 12.1 Å². The summed E-state index contributed by atoms with van der Waals surface area (Å²) in [6.07, 6.45) is 12.9. The van der Waals surface area contributed by atoms with Crippen molar-refractivity contribution in [1.82, 2.24) is 9.21 Å². The Hall–Kier alpha value is 0.160. The fourth-order valence-corrected chi connectivity index (χ4v) is 7.61. The molecule has 2 aliphatic carbocycles. The molecule has 0 bridgehead atoms. The Morgan fingerprint density at radius 1 is 0.875 bits per heavy atom. The van der Waals surface area contributed by atoms with E-state index < -0.39 is 6.17 Å². The summed E-state index contributed by atoms with van der Waals surface area (Å²) in [5, 5.41) is 0.743. The van der Waals surface area contributed by atoms with Crippen LogP contribution >= 0.6 is 11.9 Å². The number of piperazine rings is 1. The zero-order valence-electron chi connectivity index (χ0n) is 21.4. The minimum Gasteiger partial charge on any atom is -0.378 e. The van der Waals surface area contributed by atoms with Gasteiger partial charge in [0.1, 0.15) is 6.17 Å². The molecule has 4 rings (SSSR count). The summed E-state index contributed by atoms with van der Waals surface area (Å²) in [6, 6.07) is 0.498. The molecule has 2 saturated carbocycles. The summed E-state index contributed by atoms with van der Waals surface area (Å²) >= 11 is 2.15. The van der Waals surface area contributed by atoms with Gasteiger partial charge in [0.2, 0.25) is 0 Å². The average Bonchev–Trinajstić information content (AvgIpc) is 3.01. The van der Waals surface area contributed by atoms with E-state index >= 15 is 0 Å². The molecule has 188 valence electrons. The van der Waals surface area contributed by atoms with E-state index in [2.05, 4.69) is 48.8 Å². The van der Waals surface area contributed by atoms with Crippen LogP contribution < -0.4 is 0 Å². The Kier molecular flexibility index (Phi) is 11.6. The Morgan fingerprint density at radius 3 is 2.34 bits per heavy atom. The lowest BCUT2D eigenvalue weighted by Crippen LogP contribution is -2.50. The van der Waals surface area contributed by atoms with Gasteiger partial charge in [0.25, 0.3) is 0 Å². The molecule has 32 heavy (non-hydrogen) atoms. The van der Waals surface area contributed by atoms with E-state index in [4.69, 9.17) is 4.74 Å². The number of hydrogen-bond donors (Lipinski definition) is 0. The van der Waals surface area contributed by atoms with Crippen LogP contribution in [0.4, 0.5) is 4.39 Å². The molecule has 7 atom stereocenters. The van der Waals surface area contributed by atoms with Gasteiger partial charge >= 0.3 is 0 Å². The number of nitrogens with zero attached hydrogens (tertiary/aromatic N) is 2. The quantitative estimate of drug-likeness (QED) is 0.413. The third kappa shape index (κ3) is 8.13. The largest absolute Gasteiger partial charge is 0.378 e. The summed E-state index contributed by atoms with van der Waals surface area (Å²) in [5.41, 5.74) is 0. The summed E-state index contributed by atoms with van der Waals surface area (Å²) in [7, 11) is 0. The first-order valence-corrected chi connectivity index (χ1v) is 14.7. The molecular weight excluding hydrogens is 419 g/mol. The van der Waals surface area contributed by atoms with Crippen LogP contribution in [0.15, 0.2) is 0 Å². The van der Waals surface area contributed by atoms with Gasteiger partial charge in [-0.1, -0.05) is 46.1 Å². The predicted molar refractivity (Wildman–Crippen MR) is 137 cm³/mol. The van der Waals surface area contributed by atoms with Crippen molar-refractivity contribution in [2.75, 3.05) is 32.8 Å². The highest BCUT2D eigenvalue weighted by molar-refractivity contribution is 7.97. The molecule has 0 radical (unpaired) electrons. The summed E-state index contributed by atoms with van der Waals surface area (Å²) in [6.45, 7) is 14.6. The predicted octanol–water partition coefficient (Wildman–Crippen LogP) is 6.96. The van der Waals surface area contributed by atoms with Crippen LogP contribution in [0.3, 0.4) is 0 Å². The molecule has 7 unspecified atom stereocenters. The molecule has 0 aromatic rings. The van der Waals surface area contributed by atoms with Crippen molar-refractivity contribution < 1.29 is 9.13 Å². The fourth-order valence-electron chi connectivity index (χ4n) is 6.18. The van der Waals surface area contributed by atoms with E-state index in [1.165, 1.54) is 51.4 Å². The maximum atomic E-state index is 13.8. The van der Waals surface area contributed by atoms with Crippen LogP contribution in [0.5, 0.6) is 0 Å². The summed E-state index contributed by atoms with van der Waals surface area (Å²) in [5.74, 6) is 2.39. The molecule has 0 aromatic carbocycles. The molecule has 2 saturated heterocycles. The van der Waals surface area contributed by atoms with E-state index in [-0.39, 0.29) is 0 Å². The average molecular weight is 471 g/mol. The Morgan fingerprint density at radius 2 is 1.62 bits per heavy atom. The van der Waals surface area contributed by atoms with Crippen LogP contribution in [-0.4, -0.2) is 65.6 Å². The molecule has 0 amide bonds. The zero-order chi connectivity index (χ0) is 22.9. The minimum atomic E-state index is -0.560. The van der Waals surface area contributed by atoms with Gasteiger partial charge in [-0.05, 0) is 82.0 Å². The lowest BCUT2D eigenvalue weighted by atomic mass is 9.78. The first-order valence-electron chi connectivity index (χ1n) is 13.9. The topological polar surface area (TPSA) is 15.7 Å². The smallest absolute Gasteiger partial charge is 0.102 e. The highest BCUT2D eigenvalue weighted by atomic mass is 32.2. The second-order valence-electron chi connectivity index (χ2n) is 11.2. The highest BCUT2D eigenvalue weighted by Crippen LogP contribution is 2.42. The monoisotopic (exact) mass is 470 g/mol. The lowest BCUT2D eigenvalue weighted by Gasteiger charge is -2.43. The Balaban J connectivity index is 0.000000913. The van der Waals surface area contributed by atoms with E-state index in [0.717, 1.165) is 75.1 Å². The van der Waals surface area contributed by atoms with Crippen molar-refractivity contribution >= 4 is 11.9 Å². The third-order valence-electron chi connectivity index (χ3n) is 8.15. The number of hydrogen-bond acceptors (Lipinski definition) is 4. The molecule has 0 N–H and O–H groups in total. The van der Waals surface area contributed by atoms with Gasteiger partial charge in [-0.15, -0.1) is 0 Å². The number of ether oxygens (including phenoxy) is 1. The molecule has 3 nitrogen and oxygen atoms in total. The van der Waals surface area contributed by atoms with Crippen molar-refractivity contribution in [3.8, 4) is 0 Å². The van der Waals surface area contributed by atoms with E-state index in [1.54, 1.807) is 0 Å². The molecule has 5 heteroatoms. The van der Waals surface area contributed by atoms with Gasteiger partial charge in [0.15, 0.2) is 0 Å². The molecule has 0 aromatic heterocycles. The van der Waals surface area contributed by atoms with Gasteiger partial charge in [-0.25, -0.2) is 8.70 Å². The normalized spacial score (nSPS) is 40.2. The maximum Gasteiger partial charge on any atom is 0.102 e. The van der Waals surface area contributed by atoms with Gasteiger partial charge in [0.05, 0.1) is 6.10 Å². The van der Waals surface area contributed by atoms with Crippen LogP contribution in [0.25, 0.3) is 0 Å². The molecule has 2 heterocycles. The van der Waals surface area contributed by atoms with Crippen LogP contribution in [0.2, 0.25) is 0 Å².